The molecule has 0 aromatic rings. The molecule has 0 aliphatic carbocycles. The van der Waals surface area contributed by atoms with E-state index in [0.29, 0.717) is 6.67 Å². The molecule has 0 aliphatic rings. The van der Waals surface area contributed by atoms with E-state index >= 15 is 0 Å². The zero-order chi connectivity index (χ0) is 4.12. The van der Waals surface area contributed by atoms with Crippen molar-refractivity contribution in [1.29, 1.82) is 0 Å². The van der Waals surface area contributed by atoms with Crippen LogP contribution < -0.4 is 0 Å². The molecule has 0 rings (SSSR count). The van der Waals surface area contributed by atoms with Crippen LogP contribution in [0.1, 0.15) is 6.92 Å². The zero-order valence-electron chi connectivity index (χ0n) is 2.96. The van der Waals surface area contributed by atoms with Crippen LogP contribution in [0.5, 0.6) is 0 Å². The highest BCUT2D eigenvalue weighted by molar-refractivity contribution is 5.01. The van der Waals surface area contributed by atoms with E-state index in [2.05, 4.69) is 11.8 Å². The van der Waals surface area contributed by atoms with Crippen LogP contribution in [0.15, 0.2) is 0 Å². The lowest BCUT2D eigenvalue weighted by Gasteiger charge is -1.53. The first-order valence-electron chi connectivity index (χ1n) is 1.26. The molecule has 0 N–H and O–H groups in total. The topological polar surface area (TPSA) is 0 Å². The lowest BCUT2D eigenvalue weighted by molar-refractivity contribution is 0.665. The highest BCUT2D eigenvalue weighted by Gasteiger charge is 1.55. The van der Waals surface area contributed by atoms with Gasteiger partial charge in [-0.25, -0.2) is 4.39 Å². The molecule has 0 heterocycles. The van der Waals surface area contributed by atoms with E-state index in [1.165, 1.54) is 0 Å². The molecule has 0 aromatic heterocycles. The summed E-state index contributed by atoms with van der Waals surface area (Å²) in [5.41, 5.74) is 0. The second-order valence-corrected chi connectivity index (χ2v) is 0.503. The minimum Gasteiger partial charge on any atom is -0.229 e. The standard InChI is InChI=1S/C4H4F/c1-2-3-4-5/h4H,1H3. The first-order chi connectivity index (χ1) is 2.41. The second-order valence-electron chi connectivity index (χ2n) is 0.503. The fourth-order valence-electron chi connectivity index (χ4n) is 0.0546. The summed E-state index contributed by atoms with van der Waals surface area (Å²) in [7, 11) is 0. The monoisotopic (exact) mass is 71.0 g/mol. The van der Waals surface area contributed by atoms with Crippen molar-refractivity contribution >= 4 is 0 Å². The fourth-order valence-corrected chi connectivity index (χ4v) is 0.0546. The van der Waals surface area contributed by atoms with Gasteiger partial charge >= 0.3 is 0 Å². The van der Waals surface area contributed by atoms with Crippen molar-refractivity contribution in [3.8, 4) is 11.8 Å². The van der Waals surface area contributed by atoms with Crippen LogP contribution in [0.3, 0.4) is 0 Å². The van der Waals surface area contributed by atoms with Crippen LogP contribution >= 0.6 is 0 Å². The Morgan fingerprint density at radius 3 is 2.40 bits per heavy atom. The third-order valence-corrected chi connectivity index (χ3v) is 0.199. The van der Waals surface area contributed by atoms with Gasteiger partial charge in [-0.15, -0.1) is 5.92 Å². The molecule has 1 radical (unpaired) electrons. The summed E-state index contributed by atoms with van der Waals surface area (Å²) in [4.78, 5) is 0. The van der Waals surface area contributed by atoms with Crippen molar-refractivity contribution < 1.29 is 4.39 Å². The summed E-state index contributed by atoms with van der Waals surface area (Å²) in [5.74, 6) is 4.41. The van der Waals surface area contributed by atoms with Crippen molar-refractivity contribution in [2.24, 2.45) is 0 Å². The van der Waals surface area contributed by atoms with E-state index in [0.717, 1.165) is 0 Å². The highest BCUT2D eigenvalue weighted by Crippen LogP contribution is 1.65. The van der Waals surface area contributed by atoms with Gasteiger partial charge in [0.05, 0.1) is 0 Å². The van der Waals surface area contributed by atoms with Crippen molar-refractivity contribution in [3.63, 3.8) is 0 Å². The minimum atomic E-state index is 0.319. The zero-order valence-corrected chi connectivity index (χ0v) is 2.96. The Morgan fingerprint density at radius 2 is 2.40 bits per heavy atom. The third-order valence-electron chi connectivity index (χ3n) is 0.199. The molecule has 0 nitrogen and oxygen atoms in total. The molecule has 5 heavy (non-hydrogen) atoms. The summed E-state index contributed by atoms with van der Waals surface area (Å²) in [6.45, 7) is 1.90. The lowest BCUT2D eigenvalue weighted by atomic mass is 10.7. The van der Waals surface area contributed by atoms with Crippen molar-refractivity contribution in [1.82, 2.24) is 0 Å². The van der Waals surface area contributed by atoms with E-state index in [4.69, 9.17) is 0 Å². The number of halogens is 1. The summed E-state index contributed by atoms with van der Waals surface area (Å²) in [6, 6.07) is 0. The molecule has 1 heteroatoms. The molecular weight excluding hydrogens is 67.0 g/mol. The first-order valence-corrected chi connectivity index (χ1v) is 1.26. The average molecular weight is 71.1 g/mol. The molecule has 0 unspecified atom stereocenters. The van der Waals surface area contributed by atoms with Crippen LogP contribution in [-0.4, -0.2) is 0 Å². The maximum Gasteiger partial charge on any atom is 0.202 e. The highest BCUT2D eigenvalue weighted by atomic mass is 19.1. The normalized spacial score (nSPS) is 5.20. The number of hydrogen-bond donors (Lipinski definition) is 0. The Balaban J connectivity index is 2.81. The van der Waals surface area contributed by atoms with Gasteiger partial charge in [-0.05, 0) is 6.92 Å². The smallest absolute Gasteiger partial charge is 0.202 e. The maximum atomic E-state index is 10.7. The van der Waals surface area contributed by atoms with Crippen LogP contribution in [0.2, 0.25) is 0 Å². The molecular formula is C4H4F. The fraction of sp³-hybridized carbons (Fsp3) is 0.250. The number of hydrogen-bond acceptors (Lipinski definition) is 0. The van der Waals surface area contributed by atoms with Crippen LogP contribution in [-0.2, 0) is 0 Å². The van der Waals surface area contributed by atoms with Crippen molar-refractivity contribution in [2.75, 3.05) is 0 Å². The summed E-state index contributed by atoms with van der Waals surface area (Å²) in [5, 5.41) is 0. The third kappa shape index (κ3) is 3.49. The van der Waals surface area contributed by atoms with Crippen molar-refractivity contribution in [3.05, 3.63) is 6.67 Å². The summed E-state index contributed by atoms with van der Waals surface area (Å²) in [6.07, 6.45) is 0. The molecule has 0 bridgehead atoms. The van der Waals surface area contributed by atoms with Gasteiger partial charge in [-0.2, -0.15) is 0 Å². The predicted octanol–water partition coefficient (Wildman–Crippen LogP) is 1.14. The van der Waals surface area contributed by atoms with E-state index in [9.17, 15) is 4.39 Å². The molecule has 0 spiro atoms. The summed E-state index contributed by atoms with van der Waals surface area (Å²) < 4.78 is 10.7. The Morgan fingerprint density at radius 1 is 1.80 bits per heavy atom. The Bertz CT molecular complexity index is 55.8. The molecule has 0 amide bonds. The summed E-state index contributed by atoms with van der Waals surface area (Å²) >= 11 is 0. The first kappa shape index (κ1) is 4.49. The molecule has 0 aromatic carbocycles. The predicted molar refractivity (Wildman–Crippen MR) is 18.9 cm³/mol. The molecule has 27 valence electrons. The van der Waals surface area contributed by atoms with Gasteiger partial charge in [0.2, 0.25) is 6.67 Å². The van der Waals surface area contributed by atoms with Gasteiger partial charge in [0, 0.05) is 0 Å². The SMILES string of the molecule is CC#C[CH]F. The second kappa shape index (κ2) is 3.49. The quantitative estimate of drug-likeness (QED) is 0.376. The van der Waals surface area contributed by atoms with Gasteiger partial charge in [0.1, 0.15) is 0 Å². The molecule has 0 aliphatic heterocycles. The van der Waals surface area contributed by atoms with Crippen molar-refractivity contribution in [2.45, 2.75) is 6.92 Å². The average Bonchev–Trinajstić information content (AvgIpc) is 1.41. The van der Waals surface area contributed by atoms with E-state index < -0.39 is 0 Å². The lowest BCUT2D eigenvalue weighted by Crippen LogP contribution is -1.43. The van der Waals surface area contributed by atoms with Crippen LogP contribution in [0, 0.1) is 18.5 Å². The van der Waals surface area contributed by atoms with Crippen LogP contribution in [0.4, 0.5) is 4.39 Å². The van der Waals surface area contributed by atoms with Gasteiger partial charge in [0.15, 0.2) is 0 Å². The van der Waals surface area contributed by atoms with Gasteiger partial charge < -0.3 is 0 Å². The van der Waals surface area contributed by atoms with Gasteiger partial charge in [-0.1, -0.05) is 5.92 Å². The molecule has 0 fully saturated rings. The minimum absolute atomic E-state index is 0.319. The Labute approximate surface area is 31.0 Å². The van der Waals surface area contributed by atoms with Crippen LogP contribution in [0.25, 0.3) is 0 Å². The largest absolute Gasteiger partial charge is 0.229 e. The van der Waals surface area contributed by atoms with Gasteiger partial charge in [-0.3, -0.25) is 0 Å². The molecule has 0 atom stereocenters. The maximum absolute atomic E-state index is 10.7. The van der Waals surface area contributed by atoms with Gasteiger partial charge in [0.25, 0.3) is 0 Å². The van der Waals surface area contributed by atoms with E-state index in [-0.39, 0.29) is 0 Å². The van der Waals surface area contributed by atoms with E-state index in [1.807, 2.05) is 0 Å². The molecule has 0 saturated carbocycles. The molecule has 0 saturated heterocycles. The van der Waals surface area contributed by atoms with E-state index in [1.54, 1.807) is 6.92 Å². The Hall–Kier alpha value is -0.510. The Kier molecular flexibility index (Phi) is 3.13. The number of rotatable bonds is 0.